The molecule has 0 aliphatic carbocycles. The molecule has 2 aromatic rings. The largest absolute Gasteiger partial charge is 0.495 e. The zero-order valence-corrected chi connectivity index (χ0v) is 16.5. The van der Waals surface area contributed by atoms with Gasteiger partial charge in [0, 0.05) is 52.5 Å². The van der Waals surface area contributed by atoms with E-state index in [4.69, 9.17) is 4.74 Å². The number of rotatable bonds is 5. The van der Waals surface area contributed by atoms with Crippen molar-refractivity contribution in [2.24, 2.45) is 0 Å². The number of benzene rings is 1. The van der Waals surface area contributed by atoms with Gasteiger partial charge in [0.2, 0.25) is 0 Å². The predicted octanol–water partition coefficient (Wildman–Crippen LogP) is 2.84. The van der Waals surface area contributed by atoms with Gasteiger partial charge in [-0.05, 0) is 48.6 Å². The number of piperazine rings is 1. The summed E-state index contributed by atoms with van der Waals surface area (Å²) in [6, 6.07) is 10.6. The first kappa shape index (κ1) is 18.1. The van der Waals surface area contributed by atoms with Crippen LogP contribution in [-0.4, -0.2) is 63.3 Å². The molecule has 144 valence electrons. The summed E-state index contributed by atoms with van der Waals surface area (Å²) in [5.74, 6) is 2.12. The lowest BCUT2D eigenvalue weighted by molar-refractivity contribution is 0.260. The number of fused-ring (bicyclic) bond motifs is 1. The van der Waals surface area contributed by atoms with Crippen molar-refractivity contribution in [1.29, 1.82) is 0 Å². The number of hydrogen-bond donors (Lipinski definition) is 0. The predicted molar refractivity (Wildman–Crippen MR) is 111 cm³/mol. The monoisotopic (exact) mass is 366 g/mol. The molecule has 5 nitrogen and oxygen atoms in total. The first-order valence-corrected chi connectivity index (χ1v) is 10.0. The van der Waals surface area contributed by atoms with E-state index >= 15 is 0 Å². The Labute approximate surface area is 162 Å². The molecular weight excluding hydrogens is 336 g/mol. The van der Waals surface area contributed by atoms with E-state index in [1.165, 1.54) is 29.7 Å². The number of ether oxygens (including phenoxy) is 1. The SMILES string of the molecule is COc1ccc(CCN2CCN(c3ccccn3)CC2)c2c1N(C)CCC2. The van der Waals surface area contributed by atoms with Crippen LogP contribution in [-0.2, 0) is 12.8 Å². The van der Waals surface area contributed by atoms with E-state index in [0.717, 1.165) is 57.3 Å². The maximum Gasteiger partial charge on any atom is 0.142 e. The van der Waals surface area contributed by atoms with Crippen molar-refractivity contribution in [2.45, 2.75) is 19.3 Å². The molecular formula is C22H30N4O. The van der Waals surface area contributed by atoms with Crippen LogP contribution in [0.15, 0.2) is 36.5 Å². The van der Waals surface area contributed by atoms with Crippen LogP contribution in [0.1, 0.15) is 17.5 Å². The fraction of sp³-hybridized carbons (Fsp3) is 0.500. The smallest absolute Gasteiger partial charge is 0.142 e. The van der Waals surface area contributed by atoms with Gasteiger partial charge in [-0.15, -0.1) is 0 Å². The molecule has 3 heterocycles. The molecule has 1 saturated heterocycles. The van der Waals surface area contributed by atoms with E-state index in [1.807, 2.05) is 12.3 Å². The number of methoxy groups -OCH3 is 1. The number of nitrogens with zero attached hydrogens (tertiary/aromatic N) is 4. The van der Waals surface area contributed by atoms with Crippen LogP contribution in [0.3, 0.4) is 0 Å². The van der Waals surface area contributed by atoms with Gasteiger partial charge in [-0.2, -0.15) is 0 Å². The Morgan fingerprint density at radius 3 is 2.63 bits per heavy atom. The van der Waals surface area contributed by atoms with Gasteiger partial charge in [-0.3, -0.25) is 4.90 Å². The molecule has 0 bridgehead atoms. The Bertz CT molecular complexity index is 756. The standard InChI is InChI=1S/C22H30N4O/c1-24-12-5-6-19-18(8-9-20(27-2)22(19)24)10-13-25-14-16-26(17-15-25)21-7-3-4-11-23-21/h3-4,7-9,11H,5-6,10,12-17H2,1-2H3. The lowest BCUT2D eigenvalue weighted by Gasteiger charge is -2.36. The fourth-order valence-electron chi connectivity index (χ4n) is 4.38. The highest BCUT2D eigenvalue weighted by atomic mass is 16.5. The van der Waals surface area contributed by atoms with Gasteiger partial charge in [0.05, 0.1) is 12.8 Å². The molecule has 0 amide bonds. The number of pyridine rings is 1. The Kier molecular flexibility index (Phi) is 5.48. The second-order valence-corrected chi connectivity index (χ2v) is 7.55. The van der Waals surface area contributed by atoms with Gasteiger partial charge < -0.3 is 14.5 Å². The Morgan fingerprint density at radius 2 is 1.89 bits per heavy atom. The summed E-state index contributed by atoms with van der Waals surface area (Å²) in [5, 5.41) is 0. The lowest BCUT2D eigenvalue weighted by atomic mass is 9.94. The average molecular weight is 367 g/mol. The van der Waals surface area contributed by atoms with E-state index in [9.17, 15) is 0 Å². The van der Waals surface area contributed by atoms with E-state index in [0.29, 0.717) is 0 Å². The summed E-state index contributed by atoms with van der Waals surface area (Å²) in [4.78, 5) is 11.8. The summed E-state index contributed by atoms with van der Waals surface area (Å²) in [5.41, 5.74) is 4.29. The Balaban J connectivity index is 1.38. The van der Waals surface area contributed by atoms with Gasteiger partial charge in [0.25, 0.3) is 0 Å². The highest BCUT2D eigenvalue weighted by Gasteiger charge is 2.22. The number of aromatic nitrogens is 1. The molecule has 0 spiro atoms. The third-order valence-corrected chi connectivity index (χ3v) is 5.91. The van der Waals surface area contributed by atoms with Crippen LogP contribution >= 0.6 is 0 Å². The molecule has 0 atom stereocenters. The van der Waals surface area contributed by atoms with Crippen LogP contribution in [0.2, 0.25) is 0 Å². The van der Waals surface area contributed by atoms with E-state index in [2.05, 4.69) is 51.0 Å². The average Bonchev–Trinajstić information content (AvgIpc) is 2.73. The van der Waals surface area contributed by atoms with Crippen LogP contribution in [0.4, 0.5) is 11.5 Å². The van der Waals surface area contributed by atoms with Gasteiger partial charge >= 0.3 is 0 Å². The van der Waals surface area contributed by atoms with Crippen molar-refractivity contribution < 1.29 is 4.74 Å². The zero-order chi connectivity index (χ0) is 18.6. The van der Waals surface area contributed by atoms with Crippen molar-refractivity contribution in [3.63, 3.8) is 0 Å². The Morgan fingerprint density at radius 1 is 1.04 bits per heavy atom. The van der Waals surface area contributed by atoms with Crippen molar-refractivity contribution in [3.05, 3.63) is 47.7 Å². The van der Waals surface area contributed by atoms with Crippen LogP contribution < -0.4 is 14.5 Å². The summed E-state index contributed by atoms with van der Waals surface area (Å²) in [6.07, 6.45) is 5.39. The molecule has 27 heavy (non-hydrogen) atoms. The van der Waals surface area contributed by atoms with Gasteiger partial charge in [-0.1, -0.05) is 12.1 Å². The zero-order valence-electron chi connectivity index (χ0n) is 16.5. The van der Waals surface area contributed by atoms with Gasteiger partial charge in [0.1, 0.15) is 11.6 Å². The molecule has 2 aliphatic rings. The highest BCUT2D eigenvalue weighted by Crippen LogP contribution is 2.37. The Hall–Kier alpha value is -2.27. The topological polar surface area (TPSA) is 31.8 Å². The third kappa shape index (κ3) is 3.88. The van der Waals surface area contributed by atoms with Crippen LogP contribution in [0.5, 0.6) is 5.75 Å². The van der Waals surface area contributed by atoms with E-state index in [1.54, 1.807) is 7.11 Å². The molecule has 5 heteroatoms. The second-order valence-electron chi connectivity index (χ2n) is 7.55. The maximum atomic E-state index is 5.62. The van der Waals surface area contributed by atoms with Crippen LogP contribution in [0, 0.1) is 0 Å². The number of hydrogen-bond acceptors (Lipinski definition) is 5. The minimum atomic E-state index is 1.01. The van der Waals surface area contributed by atoms with Gasteiger partial charge in [-0.25, -0.2) is 4.98 Å². The number of anilines is 2. The summed E-state index contributed by atoms with van der Waals surface area (Å²) >= 11 is 0. The molecule has 4 rings (SSSR count). The van der Waals surface area contributed by atoms with E-state index < -0.39 is 0 Å². The first-order chi connectivity index (χ1) is 13.3. The molecule has 0 unspecified atom stereocenters. The maximum absolute atomic E-state index is 5.62. The van der Waals surface area contributed by atoms with Gasteiger partial charge in [0.15, 0.2) is 0 Å². The van der Waals surface area contributed by atoms with Crippen molar-refractivity contribution >= 4 is 11.5 Å². The third-order valence-electron chi connectivity index (χ3n) is 5.91. The summed E-state index contributed by atoms with van der Waals surface area (Å²) in [7, 11) is 3.96. The summed E-state index contributed by atoms with van der Waals surface area (Å²) in [6.45, 7) is 6.56. The van der Waals surface area contributed by atoms with Crippen molar-refractivity contribution in [2.75, 3.05) is 63.2 Å². The van der Waals surface area contributed by atoms with Crippen molar-refractivity contribution in [3.8, 4) is 5.75 Å². The highest BCUT2D eigenvalue weighted by molar-refractivity contribution is 5.67. The van der Waals surface area contributed by atoms with Crippen molar-refractivity contribution in [1.82, 2.24) is 9.88 Å². The summed E-state index contributed by atoms with van der Waals surface area (Å²) < 4.78 is 5.62. The molecule has 2 aliphatic heterocycles. The quantitative estimate of drug-likeness (QED) is 0.812. The molecule has 0 radical (unpaired) electrons. The molecule has 0 N–H and O–H groups in total. The molecule has 0 saturated carbocycles. The minimum Gasteiger partial charge on any atom is -0.495 e. The normalized spacial score (nSPS) is 17.7. The molecule has 1 fully saturated rings. The molecule has 1 aromatic carbocycles. The molecule has 1 aromatic heterocycles. The van der Waals surface area contributed by atoms with Crippen LogP contribution in [0.25, 0.3) is 0 Å². The fourth-order valence-corrected chi connectivity index (χ4v) is 4.38. The first-order valence-electron chi connectivity index (χ1n) is 10.0. The lowest BCUT2D eigenvalue weighted by Crippen LogP contribution is -2.47. The second kappa shape index (κ2) is 8.17. The minimum absolute atomic E-state index is 1.01. The van der Waals surface area contributed by atoms with E-state index in [-0.39, 0.29) is 0 Å².